The molecule has 2 heterocycles. The van der Waals surface area contributed by atoms with Crippen LogP contribution in [0.2, 0.25) is 0 Å². The summed E-state index contributed by atoms with van der Waals surface area (Å²) in [5.74, 6) is -2.66. The Morgan fingerprint density at radius 1 is 0.917 bits per heavy atom. The molecule has 7 N–H and O–H groups in total. The van der Waals surface area contributed by atoms with E-state index in [1.54, 1.807) is 0 Å². The maximum atomic E-state index is 13.2. The Morgan fingerprint density at radius 2 is 1.61 bits per heavy atom. The average molecular weight is 508 g/mol. The van der Waals surface area contributed by atoms with Crippen molar-refractivity contribution >= 4 is 11.0 Å². The Labute approximate surface area is 202 Å². The minimum absolute atomic E-state index is 0.145. The number of aliphatic hydroxyl groups excluding tert-OH is 4. The molecule has 13 heteroatoms. The van der Waals surface area contributed by atoms with Crippen molar-refractivity contribution in [1.82, 2.24) is 0 Å². The molecule has 4 rings (SSSR count). The van der Waals surface area contributed by atoms with E-state index >= 15 is 0 Å². The number of methoxy groups -OCH3 is 2. The molecule has 5 unspecified atom stereocenters. The van der Waals surface area contributed by atoms with Crippen molar-refractivity contribution in [3.8, 4) is 45.8 Å². The molecule has 36 heavy (non-hydrogen) atoms. The van der Waals surface area contributed by atoms with Gasteiger partial charge in [-0.25, -0.2) is 0 Å². The highest BCUT2D eigenvalue weighted by Gasteiger charge is 2.45. The SMILES string of the molecule is COc1c(OC2OC(CO)C(O)C(O)C2O)cc2oc(-c3ccc(O)c(O)c3)c(OC)c(=O)c2c1O. The van der Waals surface area contributed by atoms with Crippen LogP contribution in [-0.2, 0) is 4.74 Å². The van der Waals surface area contributed by atoms with Crippen molar-refractivity contribution in [2.45, 2.75) is 30.7 Å². The van der Waals surface area contributed by atoms with Gasteiger partial charge in [-0.2, -0.15) is 0 Å². The molecule has 1 aliphatic rings. The largest absolute Gasteiger partial charge is 0.504 e. The maximum absolute atomic E-state index is 13.2. The number of ether oxygens (including phenoxy) is 4. The molecule has 0 saturated carbocycles. The fourth-order valence-corrected chi connectivity index (χ4v) is 3.89. The first-order valence-corrected chi connectivity index (χ1v) is 10.6. The summed E-state index contributed by atoms with van der Waals surface area (Å²) in [6, 6.07) is 4.82. The molecule has 3 aromatic rings. The number of benzene rings is 2. The molecule has 0 amide bonds. The van der Waals surface area contributed by atoms with Crippen molar-refractivity contribution in [1.29, 1.82) is 0 Å². The lowest BCUT2D eigenvalue weighted by molar-refractivity contribution is -0.277. The first-order chi connectivity index (χ1) is 17.1. The molecule has 0 spiro atoms. The summed E-state index contributed by atoms with van der Waals surface area (Å²) in [5.41, 5.74) is -0.856. The number of hydrogen-bond donors (Lipinski definition) is 7. The second-order valence-electron chi connectivity index (χ2n) is 7.94. The molecule has 1 aliphatic heterocycles. The molecule has 194 valence electrons. The van der Waals surface area contributed by atoms with Crippen molar-refractivity contribution in [3.05, 3.63) is 34.5 Å². The Morgan fingerprint density at radius 3 is 2.22 bits per heavy atom. The van der Waals surface area contributed by atoms with Crippen molar-refractivity contribution in [2.24, 2.45) is 0 Å². The van der Waals surface area contributed by atoms with Crippen LogP contribution in [0, 0.1) is 0 Å². The van der Waals surface area contributed by atoms with Crippen LogP contribution in [0.4, 0.5) is 0 Å². The van der Waals surface area contributed by atoms with E-state index in [0.29, 0.717) is 0 Å². The van der Waals surface area contributed by atoms with Gasteiger partial charge in [-0.05, 0) is 18.2 Å². The van der Waals surface area contributed by atoms with E-state index in [4.69, 9.17) is 23.4 Å². The minimum Gasteiger partial charge on any atom is -0.504 e. The van der Waals surface area contributed by atoms with Gasteiger partial charge in [0.15, 0.2) is 28.8 Å². The van der Waals surface area contributed by atoms with Crippen molar-refractivity contribution < 1.29 is 59.1 Å². The van der Waals surface area contributed by atoms with Gasteiger partial charge in [0.25, 0.3) is 0 Å². The third-order valence-electron chi connectivity index (χ3n) is 5.77. The molecular formula is C23H24O13. The predicted molar refractivity (Wildman–Crippen MR) is 120 cm³/mol. The van der Waals surface area contributed by atoms with Gasteiger partial charge < -0.3 is 59.1 Å². The van der Waals surface area contributed by atoms with E-state index in [9.17, 15) is 40.5 Å². The van der Waals surface area contributed by atoms with E-state index < -0.39 is 60.0 Å². The Hall–Kier alpha value is -3.75. The predicted octanol–water partition coefficient (Wildman–Crippen LogP) is -0.227. The van der Waals surface area contributed by atoms with Crippen LogP contribution < -0.4 is 19.6 Å². The number of aromatic hydroxyl groups is 3. The standard InChI is InChI=1S/C23H24O13/c1-32-21-12(35-23-19(31)18(30)15(27)13(7-24)36-23)6-11-14(16(21)28)17(29)22(33-2)20(34-11)8-3-4-9(25)10(26)5-8/h3-6,13,15,18-19,23-28,30-31H,7H2,1-2H3. The zero-order valence-electron chi connectivity index (χ0n) is 19.0. The van der Waals surface area contributed by atoms with E-state index in [1.165, 1.54) is 26.4 Å². The summed E-state index contributed by atoms with van der Waals surface area (Å²) < 4.78 is 27.1. The zero-order chi connectivity index (χ0) is 26.3. The third kappa shape index (κ3) is 4.12. The first-order valence-electron chi connectivity index (χ1n) is 10.6. The number of fused-ring (bicyclic) bond motifs is 1. The van der Waals surface area contributed by atoms with E-state index in [1.807, 2.05) is 0 Å². The lowest BCUT2D eigenvalue weighted by atomic mass is 9.99. The highest BCUT2D eigenvalue weighted by molar-refractivity contribution is 5.91. The van der Waals surface area contributed by atoms with Gasteiger partial charge in [0, 0.05) is 11.6 Å². The summed E-state index contributed by atoms with van der Waals surface area (Å²) >= 11 is 0. The molecule has 0 radical (unpaired) electrons. The summed E-state index contributed by atoms with van der Waals surface area (Å²) in [6.45, 7) is -0.692. The third-order valence-corrected chi connectivity index (χ3v) is 5.77. The minimum atomic E-state index is -1.76. The van der Waals surface area contributed by atoms with Crippen LogP contribution in [0.5, 0.6) is 34.5 Å². The normalized spacial score (nSPS) is 24.0. The van der Waals surface area contributed by atoms with E-state index in [-0.39, 0.29) is 39.5 Å². The molecular weight excluding hydrogens is 484 g/mol. The fourth-order valence-electron chi connectivity index (χ4n) is 3.89. The van der Waals surface area contributed by atoms with Crippen molar-refractivity contribution in [2.75, 3.05) is 20.8 Å². The van der Waals surface area contributed by atoms with Crippen LogP contribution >= 0.6 is 0 Å². The molecule has 13 nitrogen and oxygen atoms in total. The van der Waals surface area contributed by atoms with Crippen molar-refractivity contribution in [3.63, 3.8) is 0 Å². The maximum Gasteiger partial charge on any atom is 0.239 e. The number of rotatable bonds is 6. The van der Waals surface area contributed by atoms with E-state index in [2.05, 4.69) is 0 Å². The molecule has 1 aromatic heterocycles. The van der Waals surface area contributed by atoms with Crippen LogP contribution in [0.1, 0.15) is 0 Å². The summed E-state index contributed by atoms with van der Waals surface area (Å²) in [7, 11) is 2.38. The van der Waals surface area contributed by atoms with Gasteiger partial charge in [-0.15, -0.1) is 0 Å². The molecule has 1 saturated heterocycles. The van der Waals surface area contributed by atoms with Gasteiger partial charge >= 0.3 is 0 Å². The van der Waals surface area contributed by atoms with Gasteiger partial charge in [-0.3, -0.25) is 4.79 Å². The number of aliphatic hydroxyl groups is 4. The Bertz CT molecular complexity index is 1330. The number of hydrogen-bond acceptors (Lipinski definition) is 13. The molecule has 0 bridgehead atoms. The van der Waals surface area contributed by atoms with Gasteiger partial charge in [0.1, 0.15) is 35.4 Å². The van der Waals surface area contributed by atoms with Crippen LogP contribution in [0.15, 0.2) is 33.5 Å². The number of phenols is 3. The van der Waals surface area contributed by atoms with Gasteiger partial charge in [-0.1, -0.05) is 0 Å². The Balaban J connectivity index is 1.87. The fraction of sp³-hybridized carbons (Fsp3) is 0.348. The number of phenolic OH excluding ortho intramolecular Hbond substituents is 3. The molecule has 0 aliphatic carbocycles. The van der Waals surface area contributed by atoms with Gasteiger partial charge in [0.05, 0.1) is 20.8 Å². The lowest BCUT2D eigenvalue weighted by Crippen LogP contribution is -2.60. The van der Waals surface area contributed by atoms with E-state index in [0.717, 1.165) is 12.1 Å². The smallest absolute Gasteiger partial charge is 0.239 e. The highest BCUT2D eigenvalue weighted by atomic mass is 16.7. The second kappa shape index (κ2) is 9.72. The van der Waals surface area contributed by atoms with Crippen LogP contribution in [-0.4, -0.2) is 87.3 Å². The second-order valence-corrected chi connectivity index (χ2v) is 7.94. The quantitative estimate of drug-likeness (QED) is 0.215. The summed E-state index contributed by atoms with van der Waals surface area (Å²) in [4.78, 5) is 13.2. The zero-order valence-corrected chi connectivity index (χ0v) is 19.0. The molecule has 1 fully saturated rings. The highest BCUT2D eigenvalue weighted by Crippen LogP contribution is 2.45. The summed E-state index contributed by atoms with van der Waals surface area (Å²) in [5, 5.41) is 69.7. The molecule has 2 aromatic carbocycles. The van der Waals surface area contributed by atoms with Gasteiger partial charge in [0.2, 0.25) is 23.2 Å². The summed E-state index contributed by atoms with van der Waals surface area (Å²) in [6.07, 6.45) is -7.98. The molecule has 5 atom stereocenters. The monoisotopic (exact) mass is 508 g/mol. The van der Waals surface area contributed by atoms with Crippen LogP contribution in [0.25, 0.3) is 22.3 Å². The first kappa shape index (κ1) is 25.3. The average Bonchev–Trinajstić information content (AvgIpc) is 2.85. The van der Waals surface area contributed by atoms with Crippen LogP contribution in [0.3, 0.4) is 0 Å². The topological polar surface area (TPSA) is 209 Å². The Kier molecular flexibility index (Phi) is 6.84. The lowest BCUT2D eigenvalue weighted by Gasteiger charge is -2.39.